The van der Waals surface area contributed by atoms with Crippen LogP contribution in [0.5, 0.6) is 5.75 Å². The van der Waals surface area contributed by atoms with Gasteiger partial charge in [-0.1, -0.05) is 30.3 Å². The Morgan fingerprint density at radius 1 is 1.24 bits per heavy atom. The van der Waals surface area contributed by atoms with Crippen molar-refractivity contribution < 1.29 is 19.0 Å². The summed E-state index contributed by atoms with van der Waals surface area (Å²) in [7, 11) is 1.50. The topological polar surface area (TPSA) is 155 Å². The molecule has 10 heteroatoms. The van der Waals surface area contributed by atoms with Crippen LogP contribution >= 0.6 is 0 Å². The minimum atomic E-state index is -1.33. The van der Waals surface area contributed by atoms with Gasteiger partial charge in [0.1, 0.15) is 34.1 Å². The fourth-order valence-electron chi connectivity index (χ4n) is 4.42. The number of methoxy groups -OCH3 is 1. The molecule has 174 valence electrons. The molecule has 4 aromatic rings. The lowest BCUT2D eigenvalue weighted by molar-refractivity contribution is -0.0643. The number of anilines is 1. The standard InChI is InChI=1S/C24H23FN6O3/c1-34-17-9-16(12-5-3-2-4-6-12)29-21-14(17)7-8-15(19(21)25)20-18(23(27)32)22(26)31(30-20)13-10-24(28,33)11-13/h2-9,13,33H,10-11,26,28H2,1H3,(H2,27,32)/t13-,24+. The minimum Gasteiger partial charge on any atom is -0.496 e. The average Bonchev–Trinajstić information content (AvgIpc) is 3.14. The number of rotatable bonds is 5. The van der Waals surface area contributed by atoms with E-state index in [1.54, 1.807) is 12.1 Å². The van der Waals surface area contributed by atoms with E-state index in [4.69, 9.17) is 21.9 Å². The normalized spacial score (nSPS) is 19.7. The van der Waals surface area contributed by atoms with Gasteiger partial charge in [-0.05, 0) is 12.1 Å². The predicted molar refractivity (Wildman–Crippen MR) is 125 cm³/mol. The first-order valence-corrected chi connectivity index (χ1v) is 10.6. The lowest BCUT2D eigenvalue weighted by Gasteiger charge is -2.40. The summed E-state index contributed by atoms with van der Waals surface area (Å²) in [4.78, 5) is 16.8. The summed E-state index contributed by atoms with van der Waals surface area (Å²) < 4.78 is 22.8. The number of nitrogen functional groups attached to an aromatic ring is 1. The van der Waals surface area contributed by atoms with Gasteiger partial charge in [0.15, 0.2) is 5.82 Å². The van der Waals surface area contributed by atoms with Crippen LogP contribution < -0.4 is 21.9 Å². The maximum atomic E-state index is 16.0. The zero-order chi connectivity index (χ0) is 24.2. The van der Waals surface area contributed by atoms with E-state index in [-0.39, 0.29) is 47.0 Å². The number of benzene rings is 2. The quantitative estimate of drug-likeness (QED) is 0.332. The molecule has 2 heterocycles. The smallest absolute Gasteiger partial charge is 0.254 e. The van der Waals surface area contributed by atoms with Crippen LogP contribution in [0.2, 0.25) is 0 Å². The number of nitrogens with two attached hydrogens (primary N) is 3. The molecule has 0 aliphatic heterocycles. The number of carbonyl (C=O) groups is 1. The zero-order valence-corrected chi connectivity index (χ0v) is 18.3. The summed E-state index contributed by atoms with van der Waals surface area (Å²) in [6.07, 6.45) is 0.381. The average molecular weight is 462 g/mol. The number of aliphatic hydroxyl groups is 1. The Hall–Kier alpha value is -4.02. The molecule has 2 aromatic carbocycles. The second kappa shape index (κ2) is 7.79. The van der Waals surface area contributed by atoms with Crippen molar-refractivity contribution in [2.24, 2.45) is 11.5 Å². The van der Waals surface area contributed by atoms with Gasteiger partial charge in [0.05, 0.1) is 18.8 Å². The van der Waals surface area contributed by atoms with E-state index in [0.29, 0.717) is 16.8 Å². The summed E-state index contributed by atoms with van der Waals surface area (Å²) in [5, 5.41) is 14.8. The third-order valence-electron chi connectivity index (χ3n) is 6.14. The number of primary amides is 1. The molecule has 0 spiro atoms. The summed E-state index contributed by atoms with van der Waals surface area (Å²) in [6.45, 7) is 0. The molecule has 7 N–H and O–H groups in total. The largest absolute Gasteiger partial charge is 0.496 e. The Balaban J connectivity index is 1.70. The number of halogens is 1. The lowest BCUT2D eigenvalue weighted by atomic mass is 9.83. The summed E-state index contributed by atoms with van der Waals surface area (Å²) in [5.74, 6) is -1.09. The molecule has 9 nitrogen and oxygen atoms in total. The van der Waals surface area contributed by atoms with E-state index in [9.17, 15) is 9.90 Å². The van der Waals surface area contributed by atoms with Crippen LogP contribution in [0.25, 0.3) is 33.4 Å². The molecule has 1 saturated carbocycles. The molecular formula is C24H23FN6O3. The molecule has 0 atom stereocenters. The number of aromatic nitrogens is 3. The van der Waals surface area contributed by atoms with E-state index in [1.807, 2.05) is 30.3 Å². The Kier molecular flexibility index (Phi) is 4.99. The number of hydrogen-bond donors (Lipinski definition) is 4. The number of pyridine rings is 1. The molecule has 0 saturated heterocycles. The van der Waals surface area contributed by atoms with Gasteiger partial charge in [-0.25, -0.2) is 14.1 Å². The van der Waals surface area contributed by atoms with E-state index < -0.39 is 17.4 Å². The van der Waals surface area contributed by atoms with Gasteiger partial charge in [-0.15, -0.1) is 0 Å². The third kappa shape index (κ3) is 3.44. The van der Waals surface area contributed by atoms with Gasteiger partial charge in [0.25, 0.3) is 5.91 Å². The second-order valence-corrected chi connectivity index (χ2v) is 8.48. The maximum Gasteiger partial charge on any atom is 0.254 e. The molecule has 0 unspecified atom stereocenters. The van der Waals surface area contributed by atoms with Crippen LogP contribution in [0.1, 0.15) is 29.2 Å². The van der Waals surface area contributed by atoms with Gasteiger partial charge in [-0.2, -0.15) is 5.10 Å². The van der Waals surface area contributed by atoms with Crippen LogP contribution in [-0.2, 0) is 0 Å². The molecule has 5 rings (SSSR count). The fourth-order valence-corrected chi connectivity index (χ4v) is 4.42. The van der Waals surface area contributed by atoms with E-state index in [1.165, 1.54) is 17.9 Å². The van der Waals surface area contributed by atoms with Crippen molar-refractivity contribution in [3.05, 3.63) is 59.9 Å². The van der Waals surface area contributed by atoms with Crippen LogP contribution in [0, 0.1) is 5.82 Å². The minimum absolute atomic E-state index is 0.00254. The highest BCUT2D eigenvalue weighted by Crippen LogP contribution is 2.42. The number of amides is 1. The first-order valence-electron chi connectivity index (χ1n) is 10.6. The Morgan fingerprint density at radius 3 is 2.56 bits per heavy atom. The molecular weight excluding hydrogens is 439 g/mol. The summed E-state index contributed by atoms with van der Waals surface area (Å²) >= 11 is 0. The summed E-state index contributed by atoms with van der Waals surface area (Å²) in [5.41, 5.74) is 17.4. The maximum absolute atomic E-state index is 16.0. The second-order valence-electron chi connectivity index (χ2n) is 8.48. The van der Waals surface area contributed by atoms with Crippen molar-refractivity contribution >= 4 is 22.6 Å². The van der Waals surface area contributed by atoms with Crippen molar-refractivity contribution in [2.45, 2.75) is 24.6 Å². The lowest BCUT2D eigenvalue weighted by Crippen LogP contribution is -2.52. The SMILES string of the molecule is COc1cc(-c2ccccc2)nc2c(F)c(-c3nn([C@H]4C[C@@](N)(O)C4)c(N)c3C(N)=O)ccc12. The molecule has 34 heavy (non-hydrogen) atoms. The molecule has 2 aromatic heterocycles. The highest BCUT2D eigenvalue weighted by atomic mass is 19.1. The van der Waals surface area contributed by atoms with Crippen molar-refractivity contribution in [1.82, 2.24) is 14.8 Å². The molecule has 0 radical (unpaired) electrons. The Labute approximate surface area is 193 Å². The highest BCUT2D eigenvalue weighted by Gasteiger charge is 2.42. The number of hydrogen-bond acceptors (Lipinski definition) is 7. The van der Waals surface area contributed by atoms with E-state index in [0.717, 1.165) is 5.56 Å². The van der Waals surface area contributed by atoms with Crippen LogP contribution in [0.3, 0.4) is 0 Å². The molecule has 1 amide bonds. The third-order valence-corrected chi connectivity index (χ3v) is 6.14. The van der Waals surface area contributed by atoms with Crippen molar-refractivity contribution in [3.8, 4) is 28.3 Å². The molecule has 1 aliphatic rings. The number of nitrogens with zero attached hydrogens (tertiary/aromatic N) is 3. The predicted octanol–water partition coefficient (Wildman–Crippen LogP) is 2.58. The van der Waals surface area contributed by atoms with Crippen LogP contribution in [0.15, 0.2) is 48.5 Å². The summed E-state index contributed by atoms with van der Waals surface area (Å²) in [6, 6.07) is 13.9. The van der Waals surface area contributed by atoms with E-state index >= 15 is 4.39 Å². The monoisotopic (exact) mass is 462 g/mol. The van der Waals surface area contributed by atoms with Crippen molar-refractivity contribution in [3.63, 3.8) is 0 Å². The molecule has 1 fully saturated rings. The van der Waals surface area contributed by atoms with Gasteiger partial charge in [0.2, 0.25) is 0 Å². The van der Waals surface area contributed by atoms with Crippen molar-refractivity contribution in [1.29, 1.82) is 0 Å². The number of carbonyl (C=O) groups excluding carboxylic acids is 1. The number of ether oxygens (including phenoxy) is 1. The van der Waals surface area contributed by atoms with Gasteiger partial charge in [-0.3, -0.25) is 4.79 Å². The van der Waals surface area contributed by atoms with Crippen molar-refractivity contribution in [2.75, 3.05) is 12.8 Å². The zero-order valence-electron chi connectivity index (χ0n) is 18.3. The van der Waals surface area contributed by atoms with Crippen LogP contribution in [-0.4, -0.2) is 38.6 Å². The first-order chi connectivity index (χ1) is 16.2. The van der Waals surface area contributed by atoms with Crippen LogP contribution in [0.4, 0.5) is 10.2 Å². The Morgan fingerprint density at radius 2 is 1.94 bits per heavy atom. The van der Waals surface area contributed by atoms with E-state index in [2.05, 4.69) is 10.1 Å². The first kappa shape index (κ1) is 21.8. The molecule has 1 aliphatic carbocycles. The fraction of sp³-hybridized carbons (Fsp3) is 0.208. The molecule has 0 bridgehead atoms. The highest BCUT2D eigenvalue weighted by molar-refractivity contribution is 6.04. The van der Waals surface area contributed by atoms with Gasteiger partial charge < -0.3 is 27.0 Å². The van der Waals surface area contributed by atoms with Gasteiger partial charge >= 0.3 is 0 Å². The van der Waals surface area contributed by atoms with Gasteiger partial charge in [0, 0.05) is 35.4 Å². The Bertz CT molecular complexity index is 1430. The number of fused-ring (bicyclic) bond motifs is 1.